The van der Waals surface area contributed by atoms with E-state index in [2.05, 4.69) is 10.6 Å². The molecular weight excluding hydrogens is 508 g/mol. The van der Waals surface area contributed by atoms with Gasteiger partial charge < -0.3 is 19.5 Å². The first-order chi connectivity index (χ1) is 18.8. The van der Waals surface area contributed by atoms with E-state index in [0.717, 1.165) is 19.0 Å². The van der Waals surface area contributed by atoms with E-state index in [0.29, 0.717) is 13.0 Å². The number of benzene rings is 4. The minimum Gasteiger partial charge on any atom is -0.450 e. The highest BCUT2D eigenvalue weighted by Gasteiger charge is 2.23. The van der Waals surface area contributed by atoms with Gasteiger partial charge in [-0.15, -0.1) is 0 Å². The zero-order valence-electron chi connectivity index (χ0n) is 20.7. The Hall–Kier alpha value is -4.70. The first-order valence-corrected chi connectivity index (χ1v) is 12.4. The third-order valence-electron chi connectivity index (χ3n) is 7.00. The largest absolute Gasteiger partial charge is 0.450 e. The third kappa shape index (κ3) is 3.75. The molecule has 0 atom stereocenters. The predicted octanol–water partition coefficient (Wildman–Crippen LogP) is 3.67. The summed E-state index contributed by atoms with van der Waals surface area (Å²) in [4.78, 5) is 52.8. The maximum atomic E-state index is 15.0. The predicted molar refractivity (Wildman–Crippen MR) is 145 cm³/mol. The molecule has 8 nitrogen and oxygen atoms in total. The molecule has 39 heavy (non-hydrogen) atoms. The van der Waals surface area contributed by atoms with Crippen LogP contribution in [-0.2, 0) is 0 Å². The molecule has 196 valence electrons. The number of rotatable bonds is 6. The van der Waals surface area contributed by atoms with E-state index in [1.165, 1.54) is 28.8 Å². The van der Waals surface area contributed by atoms with Crippen molar-refractivity contribution in [3.8, 4) is 0 Å². The molecule has 6 aromatic rings. The van der Waals surface area contributed by atoms with Crippen molar-refractivity contribution in [2.24, 2.45) is 0 Å². The lowest BCUT2D eigenvalue weighted by atomic mass is 10.0. The molecule has 0 saturated heterocycles. The van der Waals surface area contributed by atoms with Crippen molar-refractivity contribution >= 4 is 55.0 Å². The normalized spacial score (nSPS) is 11.9. The molecule has 0 spiro atoms. The number of carbonyl (C=O) groups is 1. The van der Waals surface area contributed by atoms with E-state index >= 15 is 0 Å². The molecule has 0 saturated carbocycles. The molecule has 0 aliphatic carbocycles. The van der Waals surface area contributed by atoms with Gasteiger partial charge >= 0.3 is 0 Å². The number of aromatic nitrogens is 1. The molecule has 6 rings (SSSR count). The summed E-state index contributed by atoms with van der Waals surface area (Å²) in [6.07, 6.45) is 2.70. The van der Waals surface area contributed by atoms with Crippen LogP contribution >= 0.6 is 0 Å². The van der Waals surface area contributed by atoms with Crippen LogP contribution in [0.5, 0.6) is 0 Å². The second-order valence-electron chi connectivity index (χ2n) is 9.38. The second-order valence-corrected chi connectivity index (χ2v) is 9.38. The van der Waals surface area contributed by atoms with Gasteiger partial charge in [0, 0.05) is 34.3 Å². The van der Waals surface area contributed by atoms with Crippen molar-refractivity contribution in [2.75, 3.05) is 20.1 Å². The van der Waals surface area contributed by atoms with E-state index in [-0.39, 0.29) is 49.1 Å². The number of unbranched alkanes of at least 4 members (excludes halogenated alkanes) is 1. The molecule has 0 aliphatic rings. The van der Waals surface area contributed by atoms with Crippen molar-refractivity contribution in [1.29, 1.82) is 0 Å². The first kappa shape index (κ1) is 24.6. The highest BCUT2D eigenvalue weighted by molar-refractivity contribution is 6.06. The fraction of sp³-hybridized carbons (Fsp3) is 0.172. The lowest BCUT2D eigenvalue weighted by Crippen LogP contribution is -2.30. The van der Waals surface area contributed by atoms with Crippen LogP contribution in [-0.4, -0.2) is 30.4 Å². The van der Waals surface area contributed by atoms with Crippen LogP contribution in [0.4, 0.5) is 8.78 Å². The van der Waals surface area contributed by atoms with Gasteiger partial charge in [-0.2, -0.15) is 4.39 Å². The summed E-state index contributed by atoms with van der Waals surface area (Å²) in [5.74, 6) is -3.33. The standard InChI is InChI=1S/C29H21F2N3O5/c1-32-8-4-5-9-33-29(38)19-13-34-21-11-16-17(26(36)15-7-3-2-6-14(15)25(16)35)12-22(21)39-28-23(31)20(30)10-18(24(28)34)27(19)37/h2-3,6-7,10-13,32H,4-5,8-9H2,1H3,(H,33,38). The Balaban J connectivity index is 1.68. The van der Waals surface area contributed by atoms with Gasteiger partial charge in [-0.05, 0) is 44.6 Å². The number of fused-ring (bicyclic) bond motifs is 4. The fourth-order valence-corrected chi connectivity index (χ4v) is 5.06. The topological polar surface area (TPSA) is 110 Å². The Morgan fingerprint density at radius 1 is 0.872 bits per heavy atom. The highest BCUT2D eigenvalue weighted by atomic mass is 19.2. The summed E-state index contributed by atoms with van der Waals surface area (Å²) in [6.45, 7) is 1.07. The number of hydrogen-bond donors (Lipinski definition) is 2. The quantitative estimate of drug-likeness (QED) is 0.194. The van der Waals surface area contributed by atoms with Gasteiger partial charge in [0.05, 0.1) is 10.9 Å². The van der Waals surface area contributed by atoms with Gasteiger partial charge in [0.25, 0.3) is 5.91 Å². The monoisotopic (exact) mass is 529 g/mol. The van der Waals surface area contributed by atoms with Gasteiger partial charge in [-0.25, -0.2) is 4.39 Å². The number of halogens is 2. The van der Waals surface area contributed by atoms with Gasteiger partial charge in [-0.1, -0.05) is 24.3 Å². The summed E-state index contributed by atoms with van der Waals surface area (Å²) in [7, 11) is 1.82. The van der Waals surface area contributed by atoms with Crippen LogP contribution in [0.15, 0.2) is 67.5 Å². The lowest BCUT2D eigenvalue weighted by molar-refractivity contribution is 0.0951. The Labute approximate surface area is 217 Å². The SMILES string of the molecule is CNCCCCNC(=O)c1cn2c3cc4c(=O)c5ccccc5c(=O)c4cc3oc3c(F)c(F)cc(c1=O)c32. The molecule has 1 amide bonds. The molecule has 0 radical (unpaired) electrons. The summed E-state index contributed by atoms with van der Waals surface area (Å²) < 4.78 is 36.6. The van der Waals surface area contributed by atoms with Crippen LogP contribution in [0.2, 0.25) is 0 Å². The van der Waals surface area contributed by atoms with Crippen molar-refractivity contribution < 1.29 is 18.0 Å². The van der Waals surface area contributed by atoms with Gasteiger partial charge in [-0.3, -0.25) is 19.2 Å². The Morgan fingerprint density at radius 2 is 1.54 bits per heavy atom. The van der Waals surface area contributed by atoms with E-state index in [9.17, 15) is 28.0 Å². The number of pyridine rings is 1. The third-order valence-corrected chi connectivity index (χ3v) is 7.00. The number of nitrogens with one attached hydrogen (secondary N) is 2. The maximum Gasteiger partial charge on any atom is 0.256 e. The summed E-state index contributed by atoms with van der Waals surface area (Å²) in [5, 5.41) is 6.05. The number of nitrogens with zero attached hydrogens (tertiary/aromatic N) is 1. The molecule has 2 heterocycles. The number of amides is 1. The first-order valence-electron chi connectivity index (χ1n) is 12.4. The fourth-order valence-electron chi connectivity index (χ4n) is 5.06. The Kier molecular flexibility index (Phi) is 5.84. The molecule has 2 N–H and O–H groups in total. The van der Waals surface area contributed by atoms with Crippen LogP contribution in [0.3, 0.4) is 0 Å². The Morgan fingerprint density at radius 3 is 2.23 bits per heavy atom. The van der Waals surface area contributed by atoms with Crippen LogP contribution in [0, 0.1) is 11.6 Å². The summed E-state index contributed by atoms with van der Waals surface area (Å²) >= 11 is 0. The highest BCUT2D eigenvalue weighted by Crippen LogP contribution is 2.31. The van der Waals surface area contributed by atoms with E-state index < -0.39 is 39.4 Å². The minimum absolute atomic E-state index is 0.0327. The number of carbonyl (C=O) groups excluding carboxylic acids is 1. The average molecular weight is 529 g/mol. The lowest BCUT2D eigenvalue weighted by Gasteiger charge is -2.14. The van der Waals surface area contributed by atoms with Crippen LogP contribution in [0.25, 0.3) is 49.1 Å². The van der Waals surface area contributed by atoms with Crippen LogP contribution < -0.4 is 26.9 Å². The van der Waals surface area contributed by atoms with Crippen molar-refractivity contribution in [3.05, 3.63) is 96.5 Å². The smallest absolute Gasteiger partial charge is 0.256 e. The maximum absolute atomic E-state index is 15.0. The summed E-state index contributed by atoms with van der Waals surface area (Å²) in [6, 6.07) is 9.83. The van der Waals surface area contributed by atoms with Crippen molar-refractivity contribution in [3.63, 3.8) is 0 Å². The van der Waals surface area contributed by atoms with Crippen molar-refractivity contribution in [1.82, 2.24) is 15.0 Å². The average Bonchev–Trinajstić information content (AvgIpc) is 2.94. The van der Waals surface area contributed by atoms with Gasteiger partial charge in [0.15, 0.2) is 27.8 Å². The van der Waals surface area contributed by atoms with Gasteiger partial charge in [0.2, 0.25) is 11.2 Å². The second kappa shape index (κ2) is 9.25. The van der Waals surface area contributed by atoms with Crippen molar-refractivity contribution in [2.45, 2.75) is 12.8 Å². The molecule has 4 aromatic carbocycles. The molecule has 0 fully saturated rings. The van der Waals surface area contributed by atoms with E-state index in [1.807, 2.05) is 7.05 Å². The molecule has 10 heteroatoms. The molecule has 0 aliphatic heterocycles. The minimum atomic E-state index is -1.33. The number of hydrogen-bond acceptors (Lipinski definition) is 6. The molecule has 0 bridgehead atoms. The van der Waals surface area contributed by atoms with Gasteiger partial charge in [0.1, 0.15) is 11.1 Å². The molecule has 2 aromatic heterocycles. The Bertz CT molecular complexity index is 2150. The summed E-state index contributed by atoms with van der Waals surface area (Å²) in [5.41, 5.74) is -2.37. The molecular formula is C29H21F2N3O5. The van der Waals surface area contributed by atoms with Crippen LogP contribution in [0.1, 0.15) is 23.2 Å². The zero-order valence-corrected chi connectivity index (χ0v) is 20.7. The zero-order chi connectivity index (χ0) is 27.4. The van der Waals surface area contributed by atoms with E-state index in [4.69, 9.17) is 4.42 Å². The molecule has 0 unspecified atom stereocenters. The van der Waals surface area contributed by atoms with E-state index in [1.54, 1.807) is 18.2 Å².